The summed E-state index contributed by atoms with van der Waals surface area (Å²) in [5, 5.41) is 0.913. The van der Waals surface area contributed by atoms with Gasteiger partial charge >= 0.3 is 0 Å². The standard InChI is InChI=1S/C16H14Br2/c1-16(2)14-7-10(9-17)3-5-12(14)13-6-4-11(18)8-15(13)16/h3-8H,9H2,1-2H3. The van der Waals surface area contributed by atoms with Gasteiger partial charge in [-0.15, -0.1) is 0 Å². The van der Waals surface area contributed by atoms with Crippen molar-refractivity contribution in [3.05, 3.63) is 57.6 Å². The van der Waals surface area contributed by atoms with Gasteiger partial charge in [0, 0.05) is 15.2 Å². The van der Waals surface area contributed by atoms with Crippen LogP contribution in [0, 0.1) is 0 Å². The molecule has 0 heterocycles. The molecule has 0 saturated carbocycles. The van der Waals surface area contributed by atoms with Crippen LogP contribution >= 0.6 is 31.9 Å². The lowest BCUT2D eigenvalue weighted by Crippen LogP contribution is -2.15. The Bertz CT molecular complexity index is 627. The average molecular weight is 366 g/mol. The maximum atomic E-state index is 3.58. The summed E-state index contributed by atoms with van der Waals surface area (Å²) in [4.78, 5) is 0. The van der Waals surface area contributed by atoms with Crippen molar-refractivity contribution in [3.8, 4) is 11.1 Å². The molecule has 0 N–H and O–H groups in total. The summed E-state index contributed by atoms with van der Waals surface area (Å²) < 4.78 is 1.16. The van der Waals surface area contributed by atoms with Gasteiger partial charge < -0.3 is 0 Å². The maximum absolute atomic E-state index is 3.58. The van der Waals surface area contributed by atoms with Gasteiger partial charge in [0.05, 0.1) is 0 Å². The second-order valence-electron chi connectivity index (χ2n) is 5.33. The van der Waals surface area contributed by atoms with E-state index in [9.17, 15) is 0 Å². The molecule has 18 heavy (non-hydrogen) atoms. The van der Waals surface area contributed by atoms with Crippen molar-refractivity contribution in [1.82, 2.24) is 0 Å². The van der Waals surface area contributed by atoms with E-state index in [1.54, 1.807) is 0 Å². The topological polar surface area (TPSA) is 0 Å². The van der Waals surface area contributed by atoms with E-state index in [2.05, 4.69) is 82.1 Å². The fourth-order valence-electron chi connectivity index (χ4n) is 2.84. The van der Waals surface area contributed by atoms with Crippen LogP contribution < -0.4 is 0 Å². The highest BCUT2D eigenvalue weighted by molar-refractivity contribution is 9.10. The number of hydrogen-bond donors (Lipinski definition) is 0. The van der Waals surface area contributed by atoms with E-state index >= 15 is 0 Å². The summed E-state index contributed by atoms with van der Waals surface area (Å²) >= 11 is 7.12. The molecule has 0 nitrogen and oxygen atoms in total. The molecule has 1 aliphatic rings. The van der Waals surface area contributed by atoms with Crippen LogP contribution in [0.15, 0.2) is 40.9 Å². The Morgan fingerprint density at radius 2 is 1.56 bits per heavy atom. The van der Waals surface area contributed by atoms with Crippen molar-refractivity contribution in [1.29, 1.82) is 0 Å². The van der Waals surface area contributed by atoms with Crippen LogP contribution in [0.2, 0.25) is 0 Å². The van der Waals surface area contributed by atoms with E-state index < -0.39 is 0 Å². The molecule has 2 heteroatoms. The first-order valence-corrected chi connectivity index (χ1v) is 7.95. The van der Waals surface area contributed by atoms with Crippen molar-refractivity contribution >= 4 is 31.9 Å². The van der Waals surface area contributed by atoms with Crippen LogP contribution in [0.25, 0.3) is 11.1 Å². The van der Waals surface area contributed by atoms with Gasteiger partial charge in [0.2, 0.25) is 0 Å². The molecule has 0 atom stereocenters. The molecule has 92 valence electrons. The Morgan fingerprint density at radius 1 is 0.944 bits per heavy atom. The molecule has 0 spiro atoms. The number of alkyl halides is 1. The third-order valence-electron chi connectivity index (χ3n) is 3.86. The van der Waals surface area contributed by atoms with E-state index in [0.717, 1.165) is 9.80 Å². The zero-order valence-electron chi connectivity index (χ0n) is 10.4. The number of hydrogen-bond acceptors (Lipinski definition) is 0. The highest BCUT2D eigenvalue weighted by Crippen LogP contribution is 2.49. The lowest BCUT2D eigenvalue weighted by Gasteiger charge is -2.22. The van der Waals surface area contributed by atoms with Gasteiger partial charge in [-0.05, 0) is 39.9 Å². The van der Waals surface area contributed by atoms with Gasteiger partial charge in [-0.1, -0.05) is 70.0 Å². The van der Waals surface area contributed by atoms with Crippen molar-refractivity contribution in [2.45, 2.75) is 24.6 Å². The molecule has 0 fully saturated rings. The molecule has 2 aromatic rings. The van der Waals surface area contributed by atoms with Gasteiger partial charge in [0.1, 0.15) is 0 Å². The van der Waals surface area contributed by atoms with Crippen molar-refractivity contribution in [2.75, 3.05) is 0 Å². The summed E-state index contributed by atoms with van der Waals surface area (Å²) in [6, 6.07) is 13.4. The molecule has 0 radical (unpaired) electrons. The van der Waals surface area contributed by atoms with E-state index in [4.69, 9.17) is 0 Å². The number of fused-ring (bicyclic) bond motifs is 3. The van der Waals surface area contributed by atoms with Crippen LogP contribution in [-0.2, 0) is 10.7 Å². The van der Waals surface area contributed by atoms with E-state index in [1.165, 1.54) is 27.8 Å². The fourth-order valence-corrected chi connectivity index (χ4v) is 3.55. The number of halogens is 2. The molecule has 0 unspecified atom stereocenters. The summed E-state index contributed by atoms with van der Waals surface area (Å²) in [6.07, 6.45) is 0. The molecule has 3 rings (SSSR count). The molecule has 2 aromatic carbocycles. The second kappa shape index (κ2) is 4.21. The van der Waals surface area contributed by atoms with Crippen LogP contribution in [0.3, 0.4) is 0 Å². The van der Waals surface area contributed by atoms with Gasteiger partial charge in [-0.2, -0.15) is 0 Å². The number of benzene rings is 2. The minimum absolute atomic E-state index is 0.0899. The molecule has 0 aromatic heterocycles. The zero-order valence-corrected chi connectivity index (χ0v) is 13.6. The number of rotatable bonds is 1. The Kier molecular flexibility index (Phi) is 2.91. The van der Waals surface area contributed by atoms with E-state index in [0.29, 0.717) is 0 Å². The smallest absolute Gasteiger partial charge is 0.0283 e. The molecular weight excluding hydrogens is 352 g/mol. The van der Waals surface area contributed by atoms with E-state index in [1.807, 2.05) is 0 Å². The monoisotopic (exact) mass is 364 g/mol. The van der Waals surface area contributed by atoms with Crippen molar-refractivity contribution < 1.29 is 0 Å². The van der Waals surface area contributed by atoms with Crippen LogP contribution in [0.5, 0.6) is 0 Å². The van der Waals surface area contributed by atoms with Gasteiger partial charge in [-0.3, -0.25) is 0 Å². The lowest BCUT2D eigenvalue weighted by atomic mass is 9.82. The quantitative estimate of drug-likeness (QED) is 0.572. The van der Waals surface area contributed by atoms with Gasteiger partial charge in [-0.25, -0.2) is 0 Å². The van der Waals surface area contributed by atoms with Crippen molar-refractivity contribution in [3.63, 3.8) is 0 Å². The highest BCUT2D eigenvalue weighted by atomic mass is 79.9. The molecule has 0 amide bonds. The minimum atomic E-state index is 0.0899. The summed E-state index contributed by atoms with van der Waals surface area (Å²) in [6.45, 7) is 4.62. The third kappa shape index (κ3) is 1.70. The summed E-state index contributed by atoms with van der Waals surface area (Å²) in [5.41, 5.74) is 7.04. The fraction of sp³-hybridized carbons (Fsp3) is 0.250. The highest BCUT2D eigenvalue weighted by Gasteiger charge is 2.35. The predicted molar refractivity (Wildman–Crippen MR) is 84.3 cm³/mol. The maximum Gasteiger partial charge on any atom is 0.0283 e. The largest absolute Gasteiger partial charge is 0.0876 e. The predicted octanol–water partition coefficient (Wildman–Crippen LogP) is 5.65. The Labute approximate surface area is 125 Å². The van der Waals surface area contributed by atoms with Gasteiger partial charge in [0.15, 0.2) is 0 Å². The zero-order chi connectivity index (χ0) is 12.9. The average Bonchev–Trinajstić information content (AvgIpc) is 2.58. The van der Waals surface area contributed by atoms with Gasteiger partial charge in [0.25, 0.3) is 0 Å². The molecular formula is C16H14Br2. The lowest BCUT2D eigenvalue weighted by molar-refractivity contribution is 0.659. The van der Waals surface area contributed by atoms with Crippen LogP contribution in [-0.4, -0.2) is 0 Å². The Balaban J connectivity index is 2.31. The Hall–Kier alpha value is -0.600. The molecule has 0 saturated heterocycles. The first kappa shape index (κ1) is 12.4. The summed E-state index contributed by atoms with van der Waals surface area (Å²) in [7, 11) is 0. The van der Waals surface area contributed by atoms with Crippen LogP contribution in [0.4, 0.5) is 0 Å². The molecule has 0 bridgehead atoms. The molecule has 0 aliphatic heterocycles. The first-order valence-electron chi connectivity index (χ1n) is 6.04. The summed E-state index contributed by atoms with van der Waals surface area (Å²) in [5.74, 6) is 0. The Morgan fingerprint density at radius 3 is 2.22 bits per heavy atom. The second-order valence-corrected chi connectivity index (χ2v) is 6.80. The normalized spacial score (nSPS) is 15.3. The first-order chi connectivity index (χ1) is 8.54. The minimum Gasteiger partial charge on any atom is -0.0876 e. The van der Waals surface area contributed by atoms with Crippen LogP contribution in [0.1, 0.15) is 30.5 Å². The third-order valence-corrected chi connectivity index (χ3v) is 5.00. The van der Waals surface area contributed by atoms with Crippen molar-refractivity contribution in [2.24, 2.45) is 0 Å². The van der Waals surface area contributed by atoms with E-state index in [-0.39, 0.29) is 5.41 Å². The SMILES string of the molecule is CC1(C)c2cc(Br)ccc2-c2ccc(CBr)cc21. The molecule has 1 aliphatic carbocycles.